The number of hydrogen-bond acceptors (Lipinski definition) is 15. The first-order valence-corrected chi connectivity index (χ1v) is 44.4. The summed E-state index contributed by atoms with van der Waals surface area (Å²) in [6.07, 6.45) is 94.8. The van der Waals surface area contributed by atoms with Crippen LogP contribution in [0.1, 0.15) is 310 Å². The molecule has 0 fully saturated rings. The van der Waals surface area contributed by atoms with Crippen LogP contribution in [-0.4, -0.2) is 96.7 Å². The van der Waals surface area contributed by atoms with Crippen LogP contribution in [0.3, 0.4) is 0 Å². The van der Waals surface area contributed by atoms with Gasteiger partial charge in [-0.1, -0.05) is 313 Å². The fourth-order valence-corrected chi connectivity index (χ4v) is 12.1. The molecule has 5 atom stereocenters. The SMILES string of the molecule is CC/C=C\C/C=C\C/C=C\C/C=C\C/C=C\C/C=C\CCC(=O)OCC(COP(=O)(O)OCC(O)COP(=O)(O)OCC(COC(=O)CCCCC/C=C\C/C=C\C/C=C\C/C=C\C/C=C\CC)OC(=O)CCCCCCCCCCCCCCC)OC(=O)CCCCCCCCC/C=C\C/C=C\C/C=C\CC. The first-order valence-electron chi connectivity index (χ1n) is 41.4. The molecule has 0 heterocycles. The normalized spacial score (nSPS) is 14.7. The molecule has 0 spiro atoms. The molecule has 0 amide bonds. The molecule has 0 bridgehead atoms. The van der Waals surface area contributed by atoms with Gasteiger partial charge < -0.3 is 33.8 Å². The number of aliphatic hydroxyl groups is 1. The monoisotopic (exact) mass is 1550 g/mol. The lowest BCUT2D eigenvalue weighted by Crippen LogP contribution is -2.30. The van der Waals surface area contributed by atoms with Crippen molar-refractivity contribution in [1.82, 2.24) is 0 Å². The van der Waals surface area contributed by atoms with Gasteiger partial charge in [-0.05, 0) is 141 Å². The van der Waals surface area contributed by atoms with E-state index in [0.717, 1.165) is 173 Å². The molecule has 0 saturated heterocycles. The highest BCUT2D eigenvalue weighted by molar-refractivity contribution is 7.47. The van der Waals surface area contributed by atoms with E-state index in [1.807, 2.05) is 18.2 Å². The molecule has 108 heavy (non-hydrogen) atoms. The lowest BCUT2D eigenvalue weighted by molar-refractivity contribution is -0.161. The van der Waals surface area contributed by atoms with Crippen molar-refractivity contribution in [2.75, 3.05) is 39.6 Å². The van der Waals surface area contributed by atoms with Gasteiger partial charge in [0.25, 0.3) is 0 Å². The van der Waals surface area contributed by atoms with Crippen molar-refractivity contribution < 1.29 is 80.2 Å². The Bertz CT molecular complexity index is 2710. The molecule has 17 nitrogen and oxygen atoms in total. The van der Waals surface area contributed by atoms with Crippen LogP contribution in [0.5, 0.6) is 0 Å². The summed E-state index contributed by atoms with van der Waals surface area (Å²) in [6, 6.07) is 0. The third-order valence-corrected chi connectivity index (χ3v) is 18.6. The highest BCUT2D eigenvalue weighted by atomic mass is 31.2. The summed E-state index contributed by atoms with van der Waals surface area (Å²) >= 11 is 0. The summed E-state index contributed by atoms with van der Waals surface area (Å²) in [4.78, 5) is 73.1. The van der Waals surface area contributed by atoms with Crippen LogP contribution in [0.25, 0.3) is 0 Å². The van der Waals surface area contributed by atoms with Crippen molar-refractivity contribution in [2.24, 2.45) is 0 Å². The van der Waals surface area contributed by atoms with E-state index in [4.69, 9.17) is 37.0 Å². The molecule has 614 valence electrons. The van der Waals surface area contributed by atoms with Crippen LogP contribution < -0.4 is 0 Å². The summed E-state index contributed by atoms with van der Waals surface area (Å²) in [6.45, 7) is 4.41. The molecule has 0 aliphatic heterocycles. The quantitative estimate of drug-likeness (QED) is 0.0169. The van der Waals surface area contributed by atoms with Crippen LogP contribution >= 0.6 is 15.6 Å². The van der Waals surface area contributed by atoms with Crippen LogP contribution in [0, 0.1) is 0 Å². The van der Waals surface area contributed by atoms with Gasteiger partial charge in [0.2, 0.25) is 0 Å². The maximum atomic E-state index is 13.1. The van der Waals surface area contributed by atoms with Gasteiger partial charge in [-0.2, -0.15) is 0 Å². The number of ether oxygens (including phenoxy) is 4. The molecular formula is C89H146O17P2. The topological polar surface area (TPSA) is 237 Å². The average molecular weight is 1550 g/mol. The lowest BCUT2D eigenvalue weighted by Gasteiger charge is -2.21. The Morgan fingerprint density at radius 1 is 0.269 bits per heavy atom. The molecule has 0 radical (unpaired) electrons. The second-order valence-corrected chi connectivity index (χ2v) is 29.8. The molecule has 3 N–H and O–H groups in total. The minimum atomic E-state index is -5.01. The summed E-state index contributed by atoms with van der Waals surface area (Å²) in [5, 5.41) is 10.7. The van der Waals surface area contributed by atoms with E-state index in [9.17, 15) is 43.2 Å². The zero-order valence-electron chi connectivity index (χ0n) is 67.2. The molecule has 0 rings (SSSR count). The maximum Gasteiger partial charge on any atom is 0.472 e. The van der Waals surface area contributed by atoms with Crippen molar-refractivity contribution in [2.45, 2.75) is 329 Å². The number of phosphoric acid groups is 2. The third-order valence-electron chi connectivity index (χ3n) is 16.7. The molecule has 0 aromatic heterocycles. The first kappa shape index (κ1) is 102. The third kappa shape index (κ3) is 78.5. The summed E-state index contributed by atoms with van der Waals surface area (Å²) in [5.74, 6) is -2.32. The minimum Gasteiger partial charge on any atom is -0.462 e. The summed E-state index contributed by atoms with van der Waals surface area (Å²) < 4.78 is 68.6. The molecule has 0 aliphatic rings. The van der Waals surface area contributed by atoms with Gasteiger partial charge in [0.1, 0.15) is 19.3 Å². The van der Waals surface area contributed by atoms with Crippen LogP contribution in [-0.2, 0) is 65.4 Å². The predicted octanol–water partition coefficient (Wildman–Crippen LogP) is 24.6. The molecule has 0 saturated carbocycles. The number of carbonyl (C=O) groups excluding carboxylic acids is 4. The second kappa shape index (κ2) is 79.5. The van der Waals surface area contributed by atoms with Gasteiger partial charge in [0.05, 0.1) is 26.4 Å². The fourth-order valence-electron chi connectivity index (χ4n) is 10.5. The second-order valence-electron chi connectivity index (χ2n) is 26.9. The number of carbonyl (C=O) groups is 4. The Kier molecular flexibility index (Phi) is 75.4. The number of phosphoric ester groups is 2. The van der Waals surface area contributed by atoms with Crippen LogP contribution in [0.15, 0.2) is 170 Å². The zero-order chi connectivity index (χ0) is 78.9. The Hall–Kier alpha value is -5.58. The molecular weight excluding hydrogens is 1400 g/mol. The number of hydrogen-bond donors (Lipinski definition) is 3. The molecule has 5 unspecified atom stereocenters. The highest BCUT2D eigenvalue weighted by Gasteiger charge is 2.30. The van der Waals surface area contributed by atoms with Crippen molar-refractivity contribution in [1.29, 1.82) is 0 Å². The molecule has 0 aliphatic carbocycles. The predicted molar refractivity (Wildman–Crippen MR) is 445 cm³/mol. The first-order chi connectivity index (χ1) is 52.7. The molecule has 0 aromatic rings. The van der Waals surface area contributed by atoms with Crippen LogP contribution in [0.4, 0.5) is 0 Å². The largest absolute Gasteiger partial charge is 0.472 e. The number of rotatable bonds is 76. The Labute approximate surface area is 654 Å². The van der Waals surface area contributed by atoms with Gasteiger partial charge >= 0.3 is 39.5 Å². The van der Waals surface area contributed by atoms with E-state index < -0.39 is 97.5 Å². The van der Waals surface area contributed by atoms with Crippen LogP contribution in [0.2, 0.25) is 0 Å². The summed E-state index contributed by atoms with van der Waals surface area (Å²) in [7, 11) is -10.0. The lowest BCUT2D eigenvalue weighted by atomic mass is 10.0. The van der Waals surface area contributed by atoms with Gasteiger partial charge in [0, 0.05) is 25.7 Å². The van der Waals surface area contributed by atoms with E-state index in [1.165, 1.54) is 51.4 Å². The van der Waals surface area contributed by atoms with Gasteiger partial charge in [-0.25, -0.2) is 9.13 Å². The minimum absolute atomic E-state index is 0.0283. The van der Waals surface area contributed by atoms with E-state index in [2.05, 4.69) is 180 Å². The van der Waals surface area contributed by atoms with E-state index in [-0.39, 0.29) is 25.7 Å². The van der Waals surface area contributed by atoms with Crippen molar-refractivity contribution in [3.8, 4) is 0 Å². The standard InChI is InChI=1S/C89H146O17P2/c1-5-9-13-17-21-25-29-33-36-39-41-44-46-50-53-57-61-65-69-73-86(91)99-79-84(105-88(93)75-71-67-63-59-55-49-32-28-24-20-16-12-8-4)81-103-107(95,96)101-77-83(90)78-102-108(97,98)104-82-85(106-89(94)76-72-68-64-60-56-52-48-43-38-35-31-27-23-19-15-11-7-3)80-100-87(92)74-70-66-62-58-54-51-47-45-42-40-37-34-30-26-22-18-14-10-6-2/h9-11,13-15,21-23,25-27,33-38,41-42,44-45,50-51,53-54,62,66,83-85,90H,5-8,12,16-20,24,28-32,39-40,43,46-49,52,55-61,63-65,67-82H2,1-4H3,(H,95,96)(H,97,98)/b13-9-,14-10-,15-11-,25-21-,26-22-,27-23-,36-33-,37-34-,38-35-,44-41-,45-42-,53-50-,54-51-,66-62-. The number of allylic oxidation sites excluding steroid dienone is 28. The zero-order valence-corrected chi connectivity index (χ0v) is 69.0. The number of unbranched alkanes of at least 4 members (excludes halogenated alkanes) is 22. The molecule has 19 heteroatoms. The smallest absolute Gasteiger partial charge is 0.462 e. The Morgan fingerprint density at radius 3 is 0.806 bits per heavy atom. The van der Waals surface area contributed by atoms with Gasteiger partial charge in [-0.3, -0.25) is 37.3 Å². The van der Waals surface area contributed by atoms with Crippen molar-refractivity contribution >= 4 is 39.5 Å². The summed E-state index contributed by atoms with van der Waals surface area (Å²) in [5.41, 5.74) is 0. The molecule has 0 aromatic carbocycles. The maximum absolute atomic E-state index is 13.1. The number of esters is 4. The van der Waals surface area contributed by atoms with Crippen molar-refractivity contribution in [3.63, 3.8) is 0 Å². The Morgan fingerprint density at radius 2 is 0.500 bits per heavy atom. The van der Waals surface area contributed by atoms with E-state index in [0.29, 0.717) is 32.1 Å². The Balaban J connectivity index is 5.47. The van der Waals surface area contributed by atoms with Gasteiger partial charge in [0.15, 0.2) is 12.2 Å². The van der Waals surface area contributed by atoms with E-state index in [1.54, 1.807) is 0 Å². The highest BCUT2D eigenvalue weighted by Crippen LogP contribution is 2.45. The fraction of sp³-hybridized carbons (Fsp3) is 0.640. The number of aliphatic hydroxyl groups excluding tert-OH is 1. The average Bonchev–Trinajstić information content (AvgIpc) is 0.886. The van der Waals surface area contributed by atoms with E-state index >= 15 is 0 Å². The van der Waals surface area contributed by atoms with Crippen molar-refractivity contribution in [3.05, 3.63) is 170 Å². The van der Waals surface area contributed by atoms with Gasteiger partial charge in [-0.15, -0.1) is 0 Å².